The van der Waals surface area contributed by atoms with Crippen LogP contribution in [-0.2, 0) is 0 Å². The van der Waals surface area contributed by atoms with E-state index in [0.717, 1.165) is 121 Å². The van der Waals surface area contributed by atoms with Crippen molar-refractivity contribution < 1.29 is 22.1 Å². The van der Waals surface area contributed by atoms with Crippen LogP contribution in [0.5, 0.6) is 0 Å². The molecule has 5 heterocycles. The van der Waals surface area contributed by atoms with Crippen molar-refractivity contribution in [2.45, 2.75) is 0 Å². The summed E-state index contributed by atoms with van der Waals surface area (Å²) in [5, 5.41) is 43.1. The second-order valence-electron chi connectivity index (χ2n) is 39.1. The Morgan fingerprint density at radius 1 is 0.102 bits per heavy atom. The van der Waals surface area contributed by atoms with E-state index < -0.39 is 0 Å². The van der Waals surface area contributed by atoms with Crippen LogP contribution in [0, 0.1) is 0 Å². The summed E-state index contributed by atoms with van der Waals surface area (Å²) < 4.78 is 32.5. The van der Waals surface area contributed by atoms with Crippen molar-refractivity contribution in [1.82, 2.24) is 0 Å². The van der Waals surface area contributed by atoms with Crippen LogP contribution < -0.4 is 0 Å². The van der Waals surface area contributed by atoms with Gasteiger partial charge in [-0.25, -0.2) is 0 Å². The molecule has 0 radical (unpaired) electrons. The molecule has 28 aromatic carbocycles. The zero-order valence-electron chi connectivity index (χ0n) is 79.4. The van der Waals surface area contributed by atoms with Crippen LogP contribution >= 0.6 is 0 Å². The fourth-order valence-corrected chi connectivity index (χ4v) is 24.8. The minimum Gasteiger partial charge on any atom is -0.456 e. The minimum atomic E-state index is 0.906. The first-order valence-electron chi connectivity index (χ1n) is 50.4. The summed E-state index contributed by atoms with van der Waals surface area (Å²) in [5.41, 5.74) is 26.1. The minimum absolute atomic E-state index is 0.906. The normalized spacial score (nSPS) is 12.1. The zero-order chi connectivity index (χ0) is 96.2. The first-order valence-corrected chi connectivity index (χ1v) is 50.4. The van der Waals surface area contributed by atoms with Crippen LogP contribution in [0.15, 0.2) is 520 Å². The molecule has 33 rings (SSSR count). The van der Waals surface area contributed by atoms with Crippen LogP contribution in [0.1, 0.15) is 0 Å². The third kappa shape index (κ3) is 12.7. The molecule has 0 aliphatic carbocycles. The van der Waals surface area contributed by atoms with Crippen LogP contribution in [0.2, 0.25) is 0 Å². The standard InChI is InChI=1S/C50H30O.2C46H26O2/c1-3-13-33-27-36(23-21-31(33)11-1)47-41-18-7-8-19-42(41)48(37-24-22-32-12-2-4-14-34(32)28-37)44-30-38(25-26-43(44)47)49-39-16-6-5-15-35(39)29-45-40-17-9-10-20-46(40)51-50(45)49;1-7-21-35-27(13-1)37(25-39-29-15-9-11-23-41(29)47-45(35)39)43-31-17-3-5-19-33(31)44(34-20-6-4-18-32(34)43)38-26-40-30-16-10-12-24-42(30)48-46(40)36-22-8-2-14-28(36)38;1-3-11-31-27(9-1)17-23-41-45(31)37-25-29(19-21-39(37)47-41)43-33-13-5-7-15-35(33)44(36-16-8-6-14-34(36)43)30-20-22-40-38(26-30)46-32-12-4-2-10-28(32)18-24-42(46)48-40/h1-30H;2*1-26H. The lowest BCUT2D eigenvalue weighted by atomic mass is 9.83. The number of para-hydroxylation sites is 3. The van der Waals surface area contributed by atoms with Crippen LogP contribution in [0.3, 0.4) is 0 Å². The number of furan rings is 5. The third-order valence-corrected chi connectivity index (χ3v) is 31.2. The Morgan fingerprint density at radius 3 is 0.762 bits per heavy atom. The molecule has 0 fully saturated rings. The van der Waals surface area contributed by atoms with Gasteiger partial charge in [0.25, 0.3) is 0 Å². The van der Waals surface area contributed by atoms with Crippen molar-refractivity contribution in [3.63, 3.8) is 0 Å². The summed E-state index contributed by atoms with van der Waals surface area (Å²) in [5.74, 6) is 0. The predicted molar refractivity (Wildman–Crippen MR) is 621 cm³/mol. The molecule has 5 nitrogen and oxygen atoms in total. The van der Waals surface area contributed by atoms with E-state index >= 15 is 0 Å². The Morgan fingerprint density at radius 2 is 0.354 bits per heavy atom. The van der Waals surface area contributed by atoms with E-state index in [-0.39, 0.29) is 0 Å². The molecular weight excluding hydrogens is 1790 g/mol. The average Bonchev–Trinajstić information content (AvgIpc) is 1.70. The van der Waals surface area contributed by atoms with E-state index in [1.807, 2.05) is 12.1 Å². The fraction of sp³-hybridized carbons (Fsp3) is 0. The topological polar surface area (TPSA) is 65.7 Å². The second-order valence-corrected chi connectivity index (χ2v) is 39.1. The van der Waals surface area contributed by atoms with Gasteiger partial charge in [0.1, 0.15) is 55.8 Å². The Kier molecular flexibility index (Phi) is 18.2. The molecule has 0 bridgehead atoms. The van der Waals surface area contributed by atoms with Gasteiger partial charge in [-0.2, -0.15) is 0 Å². The number of hydrogen-bond donors (Lipinski definition) is 0. The Labute approximate surface area is 841 Å². The maximum absolute atomic E-state index is 6.73. The van der Waals surface area contributed by atoms with Crippen molar-refractivity contribution in [3.05, 3.63) is 497 Å². The molecule has 0 amide bonds. The van der Waals surface area contributed by atoms with E-state index in [9.17, 15) is 0 Å². The van der Waals surface area contributed by atoms with Gasteiger partial charge in [0, 0.05) is 70.2 Å². The molecule has 147 heavy (non-hydrogen) atoms. The smallest absolute Gasteiger partial charge is 0.143 e. The van der Waals surface area contributed by atoms with Crippen LogP contribution in [0.25, 0.3) is 328 Å². The summed E-state index contributed by atoms with van der Waals surface area (Å²) in [7, 11) is 0. The van der Waals surface area contributed by atoms with Crippen molar-refractivity contribution in [2.24, 2.45) is 0 Å². The predicted octanol–water partition coefficient (Wildman–Crippen LogP) is 41.2. The highest BCUT2D eigenvalue weighted by Gasteiger charge is 2.29. The van der Waals surface area contributed by atoms with Gasteiger partial charge in [-0.05, 0) is 293 Å². The molecule has 5 aromatic heterocycles. The molecule has 0 aliphatic heterocycles. The van der Waals surface area contributed by atoms with Crippen molar-refractivity contribution >= 4 is 250 Å². The lowest BCUT2D eigenvalue weighted by molar-refractivity contribution is 0.669. The van der Waals surface area contributed by atoms with Gasteiger partial charge in [-0.15, -0.1) is 0 Å². The molecule has 0 unspecified atom stereocenters. The maximum atomic E-state index is 6.73. The molecule has 5 heteroatoms. The Hall–Kier alpha value is -19.5. The van der Waals surface area contributed by atoms with Gasteiger partial charge in [0.15, 0.2) is 0 Å². The summed E-state index contributed by atoms with van der Waals surface area (Å²) in [4.78, 5) is 0. The average molecular weight is 1870 g/mol. The first-order chi connectivity index (χ1) is 72.9. The van der Waals surface area contributed by atoms with Gasteiger partial charge in [0.05, 0.1) is 0 Å². The Bertz CT molecular complexity index is 10900. The number of fused-ring (bicyclic) bond motifs is 32. The molecule has 0 spiro atoms. The number of rotatable bonds is 7. The quantitative estimate of drug-likeness (QED) is 0.149. The molecule has 0 saturated carbocycles. The molecule has 0 atom stereocenters. The second kappa shape index (κ2) is 32.5. The summed E-state index contributed by atoms with van der Waals surface area (Å²) in [6, 6.07) is 180. The van der Waals surface area contributed by atoms with Gasteiger partial charge in [0.2, 0.25) is 0 Å². The van der Waals surface area contributed by atoms with Gasteiger partial charge in [-0.1, -0.05) is 406 Å². The summed E-state index contributed by atoms with van der Waals surface area (Å²) in [6.45, 7) is 0. The summed E-state index contributed by atoms with van der Waals surface area (Å²) >= 11 is 0. The number of hydrogen-bond acceptors (Lipinski definition) is 5. The summed E-state index contributed by atoms with van der Waals surface area (Å²) in [6.07, 6.45) is 0. The largest absolute Gasteiger partial charge is 0.456 e. The van der Waals surface area contributed by atoms with Gasteiger partial charge >= 0.3 is 0 Å². The molecule has 0 saturated heterocycles. The monoisotopic (exact) mass is 1870 g/mol. The SMILES string of the molecule is c1ccc2c(c1)ccc1oc3ccc(-c4c5ccccc5c(-c5ccc6oc7ccc8ccccc8c7c6c5)c5ccccc45)cc3c12.c1ccc2c(c1)oc1c3ccccc3c(-c3c4ccccc4c(-c4cc5c6ccccc6oc5c5ccccc45)c4ccccc34)cc21.c1ccc2cc(-c3c4ccccc4c(-c4ccc5ccccc5c4)c4cc(-c5c6ccccc6cc6c5oc5ccccc56)ccc34)ccc2c1. The highest BCUT2D eigenvalue weighted by atomic mass is 16.3. The number of benzene rings is 28. The van der Waals surface area contributed by atoms with E-state index in [1.165, 1.54) is 207 Å². The Balaban J connectivity index is 0.0000001000. The fourth-order valence-electron chi connectivity index (χ4n) is 24.8. The molecule has 33 aromatic rings. The zero-order valence-corrected chi connectivity index (χ0v) is 79.4. The molecule has 0 aliphatic rings. The van der Waals surface area contributed by atoms with Crippen LogP contribution in [-0.4, -0.2) is 0 Å². The third-order valence-electron chi connectivity index (χ3n) is 31.2. The molecule has 680 valence electrons. The van der Waals surface area contributed by atoms with Gasteiger partial charge in [-0.3, -0.25) is 0 Å². The van der Waals surface area contributed by atoms with Crippen molar-refractivity contribution in [2.75, 3.05) is 0 Å². The van der Waals surface area contributed by atoms with Crippen LogP contribution in [0.4, 0.5) is 0 Å². The lowest BCUT2D eigenvalue weighted by Crippen LogP contribution is -1.93. The van der Waals surface area contributed by atoms with E-state index in [0.29, 0.717) is 0 Å². The van der Waals surface area contributed by atoms with Crippen molar-refractivity contribution in [3.8, 4) is 77.9 Å². The maximum Gasteiger partial charge on any atom is 0.143 e. The van der Waals surface area contributed by atoms with E-state index in [1.54, 1.807) is 0 Å². The lowest BCUT2D eigenvalue weighted by Gasteiger charge is -2.20. The van der Waals surface area contributed by atoms with E-state index in [4.69, 9.17) is 22.1 Å². The highest BCUT2D eigenvalue weighted by Crippen LogP contribution is 2.55. The highest BCUT2D eigenvalue weighted by molar-refractivity contribution is 6.33. The first kappa shape index (κ1) is 82.3. The molecular formula is C142H82O5. The molecule has 0 N–H and O–H groups in total. The van der Waals surface area contributed by atoms with Gasteiger partial charge < -0.3 is 22.1 Å². The van der Waals surface area contributed by atoms with E-state index in [2.05, 4.69) is 485 Å². The van der Waals surface area contributed by atoms with Crippen molar-refractivity contribution in [1.29, 1.82) is 0 Å².